The van der Waals surface area contributed by atoms with Gasteiger partial charge in [-0.25, -0.2) is 0 Å². The van der Waals surface area contributed by atoms with Crippen LogP contribution in [-0.4, -0.2) is 46.2 Å². The van der Waals surface area contributed by atoms with Crippen LogP contribution in [0.5, 0.6) is 0 Å². The number of aryl methyl sites for hydroxylation is 2. The quantitative estimate of drug-likeness (QED) is 0.447. The largest absolute Gasteiger partial charge is 0.419 e. The topological polar surface area (TPSA) is 88.5 Å². The molecule has 0 atom stereocenters. The highest BCUT2D eigenvalue weighted by atomic mass is 32.1. The van der Waals surface area contributed by atoms with Crippen LogP contribution in [0.2, 0.25) is 0 Å². The number of aromatic nitrogens is 2. The second-order valence-corrected chi connectivity index (χ2v) is 8.22. The van der Waals surface area contributed by atoms with Crippen LogP contribution in [-0.2, 0) is 13.0 Å². The minimum absolute atomic E-state index is 0.153. The van der Waals surface area contributed by atoms with Crippen LogP contribution < -0.4 is 4.90 Å². The van der Waals surface area contributed by atoms with E-state index in [-0.39, 0.29) is 10.6 Å². The van der Waals surface area contributed by atoms with Crippen molar-refractivity contribution >= 4 is 22.7 Å². The maximum atomic E-state index is 11.3. The third-order valence-corrected chi connectivity index (χ3v) is 6.54. The van der Waals surface area contributed by atoms with Crippen molar-refractivity contribution in [3.63, 3.8) is 0 Å². The summed E-state index contributed by atoms with van der Waals surface area (Å²) in [5, 5.41) is 19.7. The fourth-order valence-corrected chi connectivity index (χ4v) is 4.65. The third kappa shape index (κ3) is 4.15. The Hall–Kier alpha value is -2.78. The predicted molar refractivity (Wildman–Crippen MR) is 112 cm³/mol. The van der Waals surface area contributed by atoms with E-state index in [4.69, 9.17) is 4.42 Å². The lowest BCUT2D eigenvalue weighted by molar-refractivity contribution is -0.384. The van der Waals surface area contributed by atoms with E-state index in [1.165, 1.54) is 10.4 Å². The van der Waals surface area contributed by atoms with Gasteiger partial charge in [0.05, 0.1) is 16.3 Å². The average molecular weight is 414 g/mol. The van der Waals surface area contributed by atoms with Gasteiger partial charge in [0.15, 0.2) is 0 Å². The van der Waals surface area contributed by atoms with Gasteiger partial charge >= 0.3 is 0 Å². The maximum Gasteiger partial charge on any atom is 0.292 e. The van der Waals surface area contributed by atoms with Crippen LogP contribution in [0.15, 0.2) is 34.7 Å². The molecule has 1 aromatic carbocycles. The summed E-state index contributed by atoms with van der Waals surface area (Å²) in [7, 11) is 0. The molecule has 0 aliphatic carbocycles. The molecule has 2 aromatic heterocycles. The van der Waals surface area contributed by atoms with Gasteiger partial charge in [-0.05, 0) is 31.0 Å². The maximum absolute atomic E-state index is 11.3. The first-order chi connectivity index (χ1) is 14.0. The summed E-state index contributed by atoms with van der Waals surface area (Å²) in [6, 6.07) is 9.00. The summed E-state index contributed by atoms with van der Waals surface area (Å²) >= 11 is 1.70. The smallest absolute Gasteiger partial charge is 0.292 e. The van der Waals surface area contributed by atoms with Gasteiger partial charge in [-0.3, -0.25) is 15.0 Å². The summed E-state index contributed by atoms with van der Waals surface area (Å²) in [5.74, 6) is 1.18. The average Bonchev–Trinajstić information content (AvgIpc) is 3.34. The Morgan fingerprint density at radius 2 is 1.97 bits per heavy atom. The van der Waals surface area contributed by atoms with E-state index in [2.05, 4.69) is 39.9 Å². The van der Waals surface area contributed by atoms with Crippen LogP contribution in [0.3, 0.4) is 0 Å². The first-order valence-electron chi connectivity index (χ1n) is 9.68. The van der Waals surface area contributed by atoms with Crippen molar-refractivity contribution in [1.29, 1.82) is 0 Å². The number of nitro groups is 1. The number of benzene rings is 1. The lowest BCUT2D eigenvalue weighted by Crippen LogP contribution is -2.46. The van der Waals surface area contributed by atoms with E-state index in [9.17, 15) is 10.1 Å². The van der Waals surface area contributed by atoms with Crippen molar-refractivity contribution in [2.75, 3.05) is 31.1 Å². The number of thiophene rings is 1. The molecule has 0 spiro atoms. The fraction of sp³-hybridized carbons (Fsp3) is 0.400. The molecule has 0 amide bonds. The van der Waals surface area contributed by atoms with Gasteiger partial charge in [0.1, 0.15) is 5.69 Å². The molecule has 1 aliphatic rings. The highest BCUT2D eigenvalue weighted by Gasteiger charge is 2.24. The zero-order valence-electron chi connectivity index (χ0n) is 16.5. The molecule has 8 nitrogen and oxygen atoms in total. The predicted octanol–water partition coefficient (Wildman–Crippen LogP) is 3.90. The third-order valence-electron chi connectivity index (χ3n) is 5.17. The van der Waals surface area contributed by atoms with Crippen LogP contribution in [0.4, 0.5) is 11.4 Å². The van der Waals surface area contributed by atoms with E-state index in [0.717, 1.165) is 37.5 Å². The normalized spacial score (nSPS) is 15.0. The Bertz CT molecular complexity index is 1010. The molecule has 0 bridgehead atoms. The molecular formula is C20H23N5O3S. The molecular weight excluding hydrogens is 390 g/mol. The number of anilines is 1. The highest BCUT2D eigenvalue weighted by Crippen LogP contribution is 2.31. The molecule has 0 saturated carbocycles. The summed E-state index contributed by atoms with van der Waals surface area (Å²) in [5.41, 5.74) is 2.09. The van der Waals surface area contributed by atoms with Crippen molar-refractivity contribution in [2.24, 2.45) is 0 Å². The molecule has 1 fully saturated rings. The lowest BCUT2D eigenvalue weighted by atomic mass is 10.2. The summed E-state index contributed by atoms with van der Waals surface area (Å²) in [4.78, 5) is 17.6. The first-order valence-corrected chi connectivity index (χ1v) is 10.5. The standard InChI is InChI=1S/C20H23N5O3S/c1-3-17-14(2)12-18(29-17)20-22-21-19(28-20)13-23-8-10-24(11-9-23)15-6-4-5-7-16(15)25(26)27/h4-7,12H,3,8-11,13H2,1-2H3. The Balaban J connectivity index is 1.38. The highest BCUT2D eigenvalue weighted by molar-refractivity contribution is 7.15. The molecule has 4 rings (SSSR count). The molecule has 1 saturated heterocycles. The monoisotopic (exact) mass is 413 g/mol. The number of rotatable bonds is 6. The van der Waals surface area contributed by atoms with Crippen molar-refractivity contribution < 1.29 is 9.34 Å². The summed E-state index contributed by atoms with van der Waals surface area (Å²) in [6.07, 6.45) is 1.00. The molecule has 0 N–H and O–H groups in total. The lowest BCUT2D eigenvalue weighted by Gasteiger charge is -2.35. The van der Waals surface area contributed by atoms with E-state index >= 15 is 0 Å². The molecule has 152 valence electrons. The minimum atomic E-state index is -0.322. The Labute approximate surface area is 172 Å². The summed E-state index contributed by atoms with van der Waals surface area (Å²) in [6.45, 7) is 7.83. The second-order valence-electron chi connectivity index (χ2n) is 7.08. The zero-order valence-corrected chi connectivity index (χ0v) is 17.3. The van der Waals surface area contributed by atoms with Gasteiger partial charge in [-0.1, -0.05) is 19.1 Å². The molecule has 3 heterocycles. The molecule has 9 heteroatoms. The Kier molecular flexibility index (Phi) is 5.59. The van der Waals surface area contributed by atoms with Gasteiger partial charge in [0.25, 0.3) is 11.6 Å². The molecule has 3 aromatic rings. The molecule has 0 radical (unpaired) electrons. The number of nitro benzene ring substituents is 1. The van der Waals surface area contributed by atoms with E-state index < -0.39 is 0 Å². The van der Waals surface area contributed by atoms with Crippen molar-refractivity contribution in [1.82, 2.24) is 15.1 Å². The SMILES string of the molecule is CCc1sc(-c2nnc(CN3CCN(c4ccccc4[N+](=O)[O-])CC3)o2)cc1C. The van der Waals surface area contributed by atoms with E-state index in [0.29, 0.717) is 24.0 Å². The Morgan fingerprint density at radius 1 is 1.21 bits per heavy atom. The number of hydrogen-bond acceptors (Lipinski definition) is 8. The minimum Gasteiger partial charge on any atom is -0.419 e. The molecule has 1 aliphatic heterocycles. The van der Waals surface area contributed by atoms with Crippen LogP contribution in [0.25, 0.3) is 10.8 Å². The van der Waals surface area contributed by atoms with Crippen molar-refractivity contribution in [2.45, 2.75) is 26.8 Å². The fourth-order valence-electron chi connectivity index (χ4n) is 3.62. The van der Waals surface area contributed by atoms with Crippen LogP contribution in [0, 0.1) is 17.0 Å². The van der Waals surface area contributed by atoms with Gasteiger partial charge in [0.2, 0.25) is 5.89 Å². The van der Waals surface area contributed by atoms with Gasteiger partial charge in [-0.2, -0.15) is 0 Å². The van der Waals surface area contributed by atoms with Crippen LogP contribution in [0.1, 0.15) is 23.3 Å². The van der Waals surface area contributed by atoms with E-state index in [1.54, 1.807) is 23.5 Å². The molecule has 29 heavy (non-hydrogen) atoms. The van der Waals surface area contributed by atoms with Crippen molar-refractivity contribution in [3.8, 4) is 10.8 Å². The van der Waals surface area contributed by atoms with Gasteiger partial charge in [0, 0.05) is 37.1 Å². The number of hydrogen-bond donors (Lipinski definition) is 0. The second kappa shape index (κ2) is 8.30. The van der Waals surface area contributed by atoms with Gasteiger partial charge < -0.3 is 9.32 Å². The number of nitrogens with zero attached hydrogens (tertiary/aromatic N) is 5. The van der Waals surface area contributed by atoms with Gasteiger partial charge in [-0.15, -0.1) is 21.5 Å². The van der Waals surface area contributed by atoms with Crippen molar-refractivity contribution in [3.05, 3.63) is 56.8 Å². The molecule has 0 unspecified atom stereocenters. The zero-order chi connectivity index (χ0) is 20.4. The van der Waals surface area contributed by atoms with Crippen LogP contribution >= 0.6 is 11.3 Å². The number of para-hydroxylation sites is 2. The first kappa shape index (κ1) is 19.5. The Morgan fingerprint density at radius 3 is 2.66 bits per heavy atom. The van der Waals surface area contributed by atoms with E-state index in [1.807, 2.05) is 12.1 Å². The summed E-state index contributed by atoms with van der Waals surface area (Å²) < 4.78 is 5.89. The number of piperazine rings is 1.